The molecule has 112 valence electrons. The molecule has 0 radical (unpaired) electrons. The van der Waals surface area contributed by atoms with Crippen molar-refractivity contribution in [3.63, 3.8) is 0 Å². The highest BCUT2D eigenvalue weighted by Gasteiger charge is 2.35. The highest BCUT2D eigenvalue weighted by atomic mass is 35.5. The maximum Gasteiger partial charge on any atom is 0.574 e. The third kappa shape index (κ3) is 4.16. The summed E-state index contributed by atoms with van der Waals surface area (Å²) < 4.78 is 50.2. The van der Waals surface area contributed by atoms with Crippen molar-refractivity contribution in [2.45, 2.75) is 19.2 Å². The average Bonchev–Trinajstić information content (AvgIpc) is 2.35. The van der Waals surface area contributed by atoms with Crippen molar-refractivity contribution < 1.29 is 32.2 Å². The van der Waals surface area contributed by atoms with E-state index in [1.165, 1.54) is 20.1 Å². The van der Waals surface area contributed by atoms with E-state index in [1.807, 2.05) is 0 Å². The van der Waals surface area contributed by atoms with Crippen LogP contribution in [0.25, 0.3) is 0 Å². The van der Waals surface area contributed by atoms with Gasteiger partial charge in [-0.2, -0.15) is 4.98 Å². The number of esters is 1. The molecule has 9 heteroatoms. The number of hydrogen-bond acceptors (Lipinski definition) is 5. The van der Waals surface area contributed by atoms with Crippen LogP contribution in [-0.2, 0) is 10.6 Å². The molecule has 0 unspecified atom stereocenters. The average molecular weight is 314 g/mol. The molecule has 1 aromatic rings. The molecule has 0 spiro atoms. The van der Waals surface area contributed by atoms with Crippen molar-refractivity contribution in [2.24, 2.45) is 0 Å². The van der Waals surface area contributed by atoms with Gasteiger partial charge in [0.1, 0.15) is 5.56 Å². The molecule has 0 bridgehead atoms. The molecule has 20 heavy (non-hydrogen) atoms. The van der Waals surface area contributed by atoms with E-state index in [9.17, 15) is 18.0 Å². The highest BCUT2D eigenvalue weighted by Crippen LogP contribution is 2.31. The summed E-state index contributed by atoms with van der Waals surface area (Å²) in [5, 5.41) is 0. The van der Waals surface area contributed by atoms with Crippen LogP contribution < -0.4 is 9.47 Å². The molecule has 0 fully saturated rings. The van der Waals surface area contributed by atoms with Gasteiger partial charge in [0.15, 0.2) is 0 Å². The molecule has 0 aliphatic rings. The topological polar surface area (TPSA) is 57.7 Å². The van der Waals surface area contributed by atoms with Gasteiger partial charge in [-0.25, -0.2) is 4.79 Å². The monoisotopic (exact) mass is 313 g/mol. The zero-order valence-electron chi connectivity index (χ0n) is 10.6. The molecule has 0 saturated carbocycles. The minimum absolute atomic E-state index is 0.0158. The van der Waals surface area contributed by atoms with Gasteiger partial charge in [-0.3, -0.25) is 0 Å². The Kier molecular flexibility index (Phi) is 5.43. The van der Waals surface area contributed by atoms with Crippen LogP contribution in [0.5, 0.6) is 11.8 Å². The number of alkyl halides is 4. The van der Waals surface area contributed by atoms with E-state index in [1.54, 1.807) is 0 Å². The lowest BCUT2D eigenvalue weighted by atomic mass is 10.1. The number of halogens is 4. The SMILES string of the molecule is CCOC(=O)c1c(CCl)cc(OC)nc1OC(F)(F)F. The third-order valence-electron chi connectivity index (χ3n) is 2.09. The van der Waals surface area contributed by atoms with Crippen molar-refractivity contribution in [1.29, 1.82) is 0 Å². The molecule has 0 aliphatic heterocycles. The fourth-order valence-corrected chi connectivity index (χ4v) is 1.57. The minimum Gasteiger partial charge on any atom is -0.481 e. The molecule has 0 atom stereocenters. The lowest BCUT2D eigenvalue weighted by molar-refractivity contribution is -0.276. The van der Waals surface area contributed by atoms with E-state index in [-0.39, 0.29) is 23.9 Å². The zero-order chi connectivity index (χ0) is 15.3. The molecule has 0 saturated heterocycles. The second-order valence-electron chi connectivity index (χ2n) is 3.41. The normalized spacial score (nSPS) is 11.1. The van der Waals surface area contributed by atoms with Crippen LogP contribution in [0.2, 0.25) is 0 Å². The Hall–Kier alpha value is -1.70. The molecule has 1 heterocycles. The first kappa shape index (κ1) is 16.4. The Labute approximate surface area is 117 Å². The van der Waals surface area contributed by atoms with Crippen LogP contribution in [-0.4, -0.2) is 31.0 Å². The first-order chi connectivity index (χ1) is 9.32. The number of hydrogen-bond donors (Lipinski definition) is 0. The highest BCUT2D eigenvalue weighted by molar-refractivity contribution is 6.17. The van der Waals surface area contributed by atoms with E-state index in [4.69, 9.17) is 16.3 Å². The molecular formula is C11H11ClF3NO4. The number of pyridine rings is 1. The van der Waals surface area contributed by atoms with Gasteiger partial charge in [0.2, 0.25) is 11.8 Å². The van der Waals surface area contributed by atoms with E-state index >= 15 is 0 Å². The largest absolute Gasteiger partial charge is 0.574 e. The molecule has 0 aliphatic carbocycles. The summed E-state index contributed by atoms with van der Waals surface area (Å²) in [7, 11) is 1.21. The van der Waals surface area contributed by atoms with Crippen LogP contribution in [0, 0.1) is 0 Å². The van der Waals surface area contributed by atoms with E-state index < -0.39 is 23.8 Å². The third-order valence-corrected chi connectivity index (χ3v) is 2.38. The zero-order valence-corrected chi connectivity index (χ0v) is 11.3. The van der Waals surface area contributed by atoms with Crippen molar-refractivity contribution in [3.05, 3.63) is 17.2 Å². The Morgan fingerprint density at radius 3 is 2.55 bits per heavy atom. The quantitative estimate of drug-likeness (QED) is 0.618. The number of ether oxygens (including phenoxy) is 3. The van der Waals surface area contributed by atoms with Crippen LogP contribution in [0.1, 0.15) is 22.8 Å². The van der Waals surface area contributed by atoms with Crippen molar-refractivity contribution in [3.8, 4) is 11.8 Å². The maximum atomic E-state index is 12.4. The number of nitrogens with zero attached hydrogens (tertiary/aromatic N) is 1. The smallest absolute Gasteiger partial charge is 0.481 e. The van der Waals surface area contributed by atoms with Crippen LogP contribution in [0.3, 0.4) is 0 Å². The van der Waals surface area contributed by atoms with Crippen molar-refractivity contribution in [1.82, 2.24) is 4.98 Å². The molecule has 1 aromatic heterocycles. The van der Waals surface area contributed by atoms with Crippen LogP contribution >= 0.6 is 11.6 Å². The van der Waals surface area contributed by atoms with E-state index in [0.29, 0.717) is 0 Å². The van der Waals surface area contributed by atoms with Gasteiger partial charge in [-0.15, -0.1) is 24.8 Å². The summed E-state index contributed by atoms with van der Waals surface area (Å²) in [5.41, 5.74) is -0.406. The second kappa shape index (κ2) is 6.65. The number of carbonyl (C=O) groups excluding carboxylic acids is 1. The first-order valence-electron chi connectivity index (χ1n) is 5.39. The first-order valence-corrected chi connectivity index (χ1v) is 5.92. The lowest BCUT2D eigenvalue weighted by Gasteiger charge is -2.15. The van der Waals surface area contributed by atoms with Gasteiger partial charge in [-0.1, -0.05) is 0 Å². The predicted molar refractivity (Wildman–Crippen MR) is 63.0 cm³/mol. The van der Waals surface area contributed by atoms with Gasteiger partial charge in [0, 0.05) is 11.9 Å². The molecular weight excluding hydrogens is 303 g/mol. The standard InChI is InChI=1S/C11H11ClF3NO4/c1-3-19-10(17)8-6(5-12)4-7(18-2)16-9(8)20-11(13,14)15/h4H,3,5H2,1-2H3. The van der Waals surface area contributed by atoms with Gasteiger partial charge in [-0.05, 0) is 12.5 Å². The van der Waals surface area contributed by atoms with E-state index in [2.05, 4.69) is 14.5 Å². The second-order valence-corrected chi connectivity index (χ2v) is 3.67. The maximum absolute atomic E-state index is 12.4. The fourth-order valence-electron chi connectivity index (χ4n) is 1.36. The molecule has 0 aromatic carbocycles. The summed E-state index contributed by atoms with van der Waals surface area (Å²) in [6.07, 6.45) is -5.01. The van der Waals surface area contributed by atoms with Crippen molar-refractivity contribution in [2.75, 3.05) is 13.7 Å². The van der Waals surface area contributed by atoms with Crippen LogP contribution in [0.15, 0.2) is 6.07 Å². The van der Waals surface area contributed by atoms with E-state index in [0.717, 1.165) is 0 Å². The Morgan fingerprint density at radius 2 is 2.10 bits per heavy atom. The number of carbonyl (C=O) groups is 1. The molecule has 0 amide bonds. The molecule has 5 nitrogen and oxygen atoms in total. The summed E-state index contributed by atoms with van der Waals surface area (Å²) in [4.78, 5) is 15.2. The summed E-state index contributed by atoms with van der Waals surface area (Å²) in [6, 6.07) is 1.24. The van der Waals surface area contributed by atoms with Crippen LogP contribution in [0.4, 0.5) is 13.2 Å². The van der Waals surface area contributed by atoms with Gasteiger partial charge in [0.05, 0.1) is 13.7 Å². The number of methoxy groups -OCH3 is 1. The summed E-state index contributed by atoms with van der Waals surface area (Å²) >= 11 is 5.62. The van der Waals surface area contributed by atoms with Gasteiger partial charge in [0.25, 0.3) is 0 Å². The fraction of sp³-hybridized carbons (Fsp3) is 0.455. The number of aromatic nitrogens is 1. The summed E-state index contributed by atoms with van der Waals surface area (Å²) in [5.74, 6) is -2.35. The molecule has 1 rings (SSSR count). The Balaban J connectivity index is 3.38. The van der Waals surface area contributed by atoms with Gasteiger partial charge < -0.3 is 14.2 Å². The predicted octanol–water partition coefficient (Wildman–Crippen LogP) is 2.90. The van der Waals surface area contributed by atoms with Gasteiger partial charge >= 0.3 is 12.3 Å². The Morgan fingerprint density at radius 1 is 1.45 bits per heavy atom. The number of rotatable bonds is 5. The Bertz CT molecular complexity index is 493. The lowest BCUT2D eigenvalue weighted by Crippen LogP contribution is -2.21. The van der Waals surface area contributed by atoms with Crippen molar-refractivity contribution >= 4 is 17.6 Å². The minimum atomic E-state index is -5.01. The molecule has 0 N–H and O–H groups in total. The summed E-state index contributed by atoms with van der Waals surface area (Å²) in [6.45, 7) is 1.50.